The molecule has 21 heavy (non-hydrogen) atoms. The Morgan fingerprint density at radius 3 is 1.81 bits per heavy atom. The number of rotatable bonds is 1. The lowest BCUT2D eigenvalue weighted by molar-refractivity contribution is -0.0579. The Morgan fingerprint density at radius 1 is 0.857 bits per heavy atom. The molecule has 0 bridgehead atoms. The third-order valence-corrected chi connectivity index (χ3v) is 2.80. The molecule has 0 saturated carbocycles. The molecule has 0 spiro atoms. The standard InChI is InChI=1S/C11H2F9N/c12-4-1-2(6(14)9(17)8(4)16)5(13)7(15)3(1)10(21)11(18,19)20/h5,21H. The quantitative estimate of drug-likeness (QED) is 0.340. The largest absolute Gasteiger partial charge is 0.433 e. The first-order valence-corrected chi connectivity index (χ1v) is 5.06. The molecule has 0 amide bonds. The van der Waals surface area contributed by atoms with Crippen molar-refractivity contribution in [2.24, 2.45) is 0 Å². The Kier molecular flexibility index (Phi) is 3.30. The van der Waals surface area contributed by atoms with E-state index in [0.29, 0.717) is 0 Å². The van der Waals surface area contributed by atoms with Crippen LogP contribution in [0.25, 0.3) is 5.57 Å². The summed E-state index contributed by atoms with van der Waals surface area (Å²) in [7, 11) is 0. The highest BCUT2D eigenvalue weighted by molar-refractivity contribution is 6.27. The topological polar surface area (TPSA) is 23.9 Å². The van der Waals surface area contributed by atoms with Crippen LogP contribution in [0.2, 0.25) is 0 Å². The van der Waals surface area contributed by atoms with Gasteiger partial charge >= 0.3 is 6.18 Å². The summed E-state index contributed by atoms with van der Waals surface area (Å²) in [6, 6.07) is 0. The molecular formula is C11H2F9N. The maximum Gasteiger partial charge on any atom is 0.433 e. The van der Waals surface area contributed by atoms with Gasteiger partial charge in [-0.1, -0.05) is 0 Å². The Morgan fingerprint density at radius 2 is 1.33 bits per heavy atom. The number of halogens is 9. The first kappa shape index (κ1) is 15.4. The number of nitrogens with one attached hydrogen (secondary N) is 1. The number of benzene rings is 1. The molecule has 1 aliphatic carbocycles. The van der Waals surface area contributed by atoms with Gasteiger partial charge in [0.2, 0.25) is 0 Å². The van der Waals surface area contributed by atoms with E-state index in [-0.39, 0.29) is 0 Å². The van der Waals surface area contributed by atoms with Gasteiger partial charge in [0.05, 0.1) is 5.57 Å². The van der Waals surface area contributed by atoms with Crippen molar-refractivity contribution in [3.05, 3.63) is 40.2 Å². The maximum absolute atomic E-state index is 13.5. The minimum absolute atomic E-state index is 1.74. The van der Waals surface area contributed by atoms with Crippen LogP contribution < -0.4 is 0 Å². The van der Waals surface area contributed by atoms with Gasteiger partial charge in [-0.25, -0.2) is 26.3 Å². The molecule has 1 aromatic carbocycles. The minimum Gasteiger partial charge on any atom is -0.296 e. The van der Waals surface area contributed by atoms with Crippen LogP contribution >= 0.6 is 0 Å². The summed E-state index contributed by atoms with van der Waals surface area (Å²) in [6.45, 7) is 0. The predicted molar refractivity (Wildman–Crippen MR) is 51.9 cm³/mol. The summed E-state index contributed by atoms with van der Waals surface area (Å²) in [5, 5.41) is 6.69. The van der Waals surface area contributed by atoms with Crippen LogP contribution in [0.3, 0.4) is 0 Å². The smallest absolute Gasteiger partial charge is 0.296 e. The lowest BCUT2D eigenvalue weighted by Gasteiger charge is -2.12. The molecule has 1 unspecified atom stereocenters. The van der Waals surface area contributed by atoms with Crippen molar-refractivity contribution < 1.29 is 39.5 Å². The predicted octanol–water partition coefficient (Wildman–Crippen LogP) is 4.53. The fraction of sp³-hybridized carbons (Fsp3) is 0.182. The van der Waals surface area contributed by atoms with E-state index >= 15 is 0 Å². The van der Waals surface area contributed by atoms with Gasteiger partial charge in [-0.2, -0.15) is 13.2 Å². The summed E-state index contributed by atoms with van der Waals surface area (Å²) >= 11 is 0. The van der Waals surface area contributed by atoms with Crippen LogP contribution in [0.4, 0.5) is 39.5 Å². The fourth-order valence-electron chi connectivity index (χ4n) is 1.89. The minimum atomic E-state index is -5.53. The molecule has 1 N–H and O–H groups in total. The zero-order chi connectivity index (χ0) is 16.3. The summed E-state index contributed by atoms with van der Waals surface area (Å²) in [5.74, 6) is -12.1. The van der Waals surface area contributed by atoms with Crippen LogP contribution in [-0.2, 0) is 0 Å². The average molecular weight is 319 g/mol. The highest BCUT2D eigenvalue weighted by Crippen LogP contribution is 2.49. The van der Waals surface area contributed by atoms with E-state index in [9.17, 15) is 39.5 Å². The molecular weight excluding hydrogens is 317 g/mol. The molecule has 0 fully saturated rings. The fourth-order valence-corrected chi connectivity index (χ4v) is 1.89. The molecule has 1 aromatic rings. The molecule has 114 valence electrons. The van der Waals surface area contributed by atoms with Gasteiger partial charge < -0.3 is 0 Å². The van der Waals surface area contributed by atoms with E-state index in [1.807, 2.05) is 0 Å². The summed E-state index contributed by atoms with van der Waals surface area (Å²) in [5.41, 5.74) is -8.04. The van der Waals surface area contributed by atoms with Crippen molar-refractivity contribution in [2.75, 3.05) is 0 Å². The number of hydrogen-bond acceptors (Lipinski definition) is 1. The highest BCUT2D eigenvalue weighted by Gasteiger charge is 2.48. The third kappa shape index (κ3) is 2.00. The molecule has 0 saturated heterocycles. The van der Waals surface area contributed by atoms with Crippen LogP contribution in [0, 0.1) is 28.7 Å². The average Bonchev–Trinajstić information content (AvgIpc) is 2.65. The second-order valence-electron chi connectivity index (χ2n) is 4.00. The van der Waals surface area contributed by atoms with E-state index in [1.54, 1.807) is 0 Å². The van der Waals surface area contributed by atoms with E-state index in [1.165, 1.54) is 0 Å². The Labute approximate surface area is 110 Å². The highest BCUT2D eigenvalue weighted by atomic mass is 19.4. The van der Waals surface area contributed by atoms with E-state index in [4.69, 9.17) is 5.41 Å². The van der Waals surface area contributed by atoms with Gasteiger partial charge in [0, 0.05) is 11.1 Å². The van der Waals surface area contributed by atoms with Crippen molar-refractivity contribution in [3.63, 3.8) is 0 Å². The zero-order valence-electron chi connectivity index (χ0n) is 9.48. The van der Waals surface area contributed by atoms with Crippen molar-refractivity contribution in [2.45, 2.75) is 12.3 Å². The van der Waals surface area contributed by atoms with Crippen molar-refractivity contribution in [1.82, 2.24) is 0 Å². The van der Waals surface area contributed by atoms with E-state index < -0.39 is 63.9 Å². The molecule has 1 atom stereocenters. The normalized spacial score (nSPS) is 18.2. The Bertz CT molecular complexity index is 686. The van der Waals surface area contributed by atoms with Crippen LogP contribution in [0.5, 0.6) is 0 Å². The Balaban J connectivity index is 2.84. The zero-order valence-corrected chi connectivity index (χ0v) is 9.48. The molecule has 10 heteroatoms. The monoisotopic (exact) mass is 319 g/mol. The Hall–Kier alpha value is -2.00. The molecule has 0 radical (unpaired) electrons. The lowest BCUT2D eigenvalue weighted by atomic mass is 9.99. The van der Waals surface area contributed by atoms with E-state index in [0.717, 1.165) is 0 Å². The summed E-state index contributed by atoms with van der Waals surface area (Å²) in [6.07, 6.45) is -8.79. The van der Waals surface area contributed by atoms with Crippen molar-refractivity contribution in [1.29, 1.82) is 5.41 Å². The summed E-state index contributed by atoms with van der Waals surface area (Å²) in [4.78, 5) is 0. The first-order chi connectivity index (χ1) is 9.50. The first-order valence-electron chi connectivity index (χ1n) is 5.06. The van der Waals surface area contributed by atoms with Gasteiger partial charge in [-0.15, -0.1) is 0 Å². The molecule has 1 aliphatic rings. The van der Waals surface area contributed by atoms with Crippen LogP contribution in [0.1, 0.15) is 17.3 Å². The third-order valence-electron chi connectivity index (χ3n) is 2.80. The molecule has 2 rings (SSSR count). The van der Waals surface area contributed by atoms with Crippen LogP contribution in [-0.4, -0.2) is 11.9 Å². The lowest BCUT2D eigenvalue weighted by Crippen LogP contribution is -2.24. The van der Waals surface area contributed by atoms with Gasteiger partial charge in [0.15, 0.2) is 29.4 Å². The van der Waals surface area contributed by atoms with Crippen LogP contribution in [0.15, 0.2) is 5.83 Å². The number of hydrogen-bond donors (Lipinski definition) is 1. The second kappa shape index (κ2) is 4.50. The maximum atomic E-state index is 13.5. The summed E-state index contributed by atoms with van der Waals surface area (Å²) < 4.78 is 117. The van der Waals surface area contributed by atoms with E-state index in [2.05, 4.69) is 0 Å². The number of fused-ring (bicyclic) bond motifs is 1. The van der Waals surface area contributed by atoms with Gasteiger partial charge in [0.1, 0.15) is 11.5 Å². The molecule has 0 heterocycles. The molecule has 0 aliphatic heterocycles. The molecule has 1 nitrogen and oxygen atoms in total. The molecule has 0 aromatic heterocycles. The second-order valence-corrected chi connectivity index (χ2v) is 4.00. The van der Waals surface area contributed by atoms with Gasteiger partial charge in [0.25, 0.3) is 0 Å². The van der Waals surface area contributed by atoms with Crippen molar-refractivity contribution in [3.8, 4) is 0 Å². The number of alkyl halides is 4. The number of allylic oxidation sites excluding steroid dienone is 2. The van der Waals surface area contributed by atoms with Crippen molar-refractivity contribution >= 4 is 11.3 Å². The van der Waals surface area contributed by atoms with Gasteiger partial charge in [-0.05, 0) is 0 Å². The van der Waals surface area contributed by atoms with Gasteiger partial charge in [-0.3, -0.25) is 5.41 Å². The SMILES string of the molecule is N=C(C1=C(F)C(F)c2c(F)c(F)c(F)c(F)c21)C(F)(F)F.